The van der Waals surface area contributed by atoms with Gasteiger partial charge >= 0.3 is 6.18 Å². The molecule has 0 aliphatic heterocycles. The van der Waals surface area contributed by atoms with Crippen LogP contribution in [0.2, 0.25) is 0 Å². The van der Waals surface area contributed by atoms with Crippen molar-refractivity contribution in [3.05, 3.63) is 57.3 Å². The van der Waals surface area contributed by atoms with Gasteiger partial charge < -0.3 is 4.98 Å². The number of halogens is 3. The van der Waals surface area contributed by atoms with E-state index in [0.29, 0.717) is 5.52 Å². The first kappa shape index (κ1) is 16.8. The molecular weight excluding hydrogens is 345 g/mol. The number of benzene rings is 1. The first-order valence-electron chi connectivity index (χ1n) is 8.56. The minimum atomic E-state index is -4.45. The maximum Gasteiger partial charge on any atom is 0.416 e. The second kappa shape index (κ2) is 6.26. The van der Waals surface area contributed by atoms with E-state index in [4.69, 9.17) is 0 Å². The molecule has 0 amide bonds. The SMILES string of the molecule is O=c1[nH]c(Cc2ccccc2C(F)(F)F)nc2c(C3CCCC3)[nH]nc12. The maximum atomic E-state index is 13.2. The maximum absolute atomic E-state index is 13.2. The fraction of sp³-hybridized carbons (Fsp3) is 0.389. The molecule has 0 unspecified atom stereocenters. The lowest BCUT2D eigenvalue weighted by atomic mass is 10.0. The average Bonchev–Trinajstić information content (AvgIpc) is 3.23. The van der Waals surface area contributed by atoms with Crippen molar-refractivity contribution in [2.45, 2.75) is 44.2 Å². The molecular formula is C18H17F3N4O. The number of rotatable bonds is 3. The minimum absolute atomic E-state index is 0.0772. The van der Waals surface area contributed by atoms with E-state index >= 15 is 0 Å². The molecule has 1 fully saturated rings. The Morgan fingerprint density at radius 3 is 2.58 bits per heavy atom. The predicted octanol–water partition coefficient (Wildman–Crippen LogP) is 3.91. The number of nitrogens with zero attached hydrogens (tertiary/aromatic N) is 2. The van der Waals surface area contributed by atoms with Crippen LogP contribution in [0.15, 0.2) is 29.1 Å². The Morgan fingerprint density at radius 2 is 1.85 bits per heavy atom. The van der Waals surface area contributed by atoms with Crippen LogP contribution in [0.5, 0.6) is 0 Å². The minimum Gasteiger partial charge on any atom is -0.308 e. The fourth-order valence-corrected chi connectivity index (χ4v) is 3.69. The molecule has 1 saturated carbocycles. The summed E-state index contributed by atoms with van der Waals surface area (Å²) in [5.74, 6) is 0.476. The number of nitrogens with one attached hydrogen (secondary N) is 2. The number of hydrogen-bond donors (Lipinski definition) is 2. The lowest BCUT2D eigenvalue weighted by Crippen LogP contribution is -2.15. The van der Waals surface area contributed by atoms with E-state index in [1.807, 2.05) is 0 Å². The number of hydrogen-bond acceptors (Lipinski definition) is 3. The van der Waals surface area contributed by atoms with Gasteiger partial charge in [-0.1, -0.05) is 31.0 Å². The van der Waals surface area contributed by atoms with Crippen LogP contribution in [-0.2, 0) is 12.6 Å². The van der Waals surface area contributed by atoms with E-state index in [1.54, 1.807) is 6.07 Å². The van der Waals surface area contributed by atoms with Crippen molar-refractivity contribution in [2.24, 2.45) is 0 Å². The second-order valence-corrected chi connectivity index (χ2v) is 6.66. The first-order chi connectivity index (χ1) is 12.4. The predicted molar refractivity (Wildman–Crippen MR) is 90.0 cm³/mol. The van der Waals surface area contributed by atoms with Gasteiger partial charge in [-0.25, -0.2) is 4.98 Å². The summed E-state index contributed by atoms with van der Waals surface area (Å²) in [6.45, 7) is 0. The van der Waals surface area contributed by atoms with Crippen molar-refractivity contribution < 1.29 is 13.2 Å². The van der Waals surface area contributed by atoms with Crippen molar-refractivity contribution in [2.75, 3.05) is 0 Å². The smallest absolute Gasteiger partial charge is 0.308 e. The second-order valence-electron chi connectivity index (χ2n) is 6.66. The molecule has 1 aromatic carbocycles. The van der Waals surface area contributed by atoms with Gasteiger partial charge in [-0.15, -0.1) is 0 Å². The van der Waals surface area contributed by atoms with Crippen LogP contribution >= 0.6 is 0 Å². The zero-order valence-corrected chi connectivity index (χ0v) is 13.9. The number of aromatic amines is 2. The zero-order valence-electron chi connectivity index (χ0n) is 13.9. The summed E-state index contributed by atoms with van der Waals surface area (Å²) in [4.78, 5) is 19.3. The quantitative estimate of drug-likeness (QED) is 0.742. The highest BCUT2D eigenvalue weighted by Crippen LogP contribution is 2.35. The van der Waals surface area contributed by atoms with Gasteiger partial charge in [0.05, 0.1) is 11.3 Å². The Bertz CT molecular complexity index is 1000. The van der Waals surface area contributed by atoms with Gasteiger partial charge in [0.15, 0.2) is 5.52 Å². The Hall–Kier alpha value is -2.64. The summed E-state index contributed by atoms with van der Waals surface area (Å²) >= 11 is 0. The first-order valence-corrected chi connectivity index (χ1v) is 8.56. The molecule has 2 heterocycles. The Morgan fingerprint density at radius 1 is 1.12 bits per heavy atom. The molecule has 1 aliphatic carbocycles. The lowest BCUT2D eigenvalue weighted by Gasteiger charge is -2.12. The van der Waals surface area contributed by atoms with E-state index in [1.165, 1.54) is 12.1 Å². The topological polar surface area (TPSA) is 74.4 Å². The normalized spacial score (nSPS) is 15.8. The van der Waals surface area contributed by atoms with Gasteiger partial charge in [0.1, 0.15) is 11.3 Å². The molecule has 8 heteroatoms. The van der Waals surface area contributed by atoms with Gasteiger partial charge in [0.2, 0.25) is 0 Å². The number of H-pyrrole nitrogens is 2. The van der Waals surface area contributed by atoms with Crippen molar-refractivity contribution in [1.29, 1.82) is 0 Å². The van der Waals surface area contributed by atoms with Gasteiger partial charge in [-0.05, 0) is 24.5 Å². The van der Waals surface area contributed by atoms with Crippen molar-refractivity contribution in [1.82, 2.24) is 20.2 Å². The van der Waals surface area contributed by atoms with Crippen molar-refractivity contribution in [3.8, 4) is 0 Å². The third-order valence-corrected chi connectivity index (χ3v) is 4.93. The van der Waals surface area contributed by atoms with Crippen LogP contribution in [0, 0.1) is 0 Å². The van der Waals surface area contributed by atoms with E-state index < -0.39 is 17.3 Å². The fourth-order valence-electron chi connectivity index (χ4n) is 3.69. The highest BCUT2D eigenvalue weighted by Gasteiger charge is 2.33. The Labute approximate surface area is 146 Å². The van der Waals surface area contributed by atoms with Crippen LogP contribution in [0.3, 0.4) is 0 Å². The third-order valence-electron chi connectivity index (χ3n) is 4.93. The molecule has 4 rings (SSSR count). The summed E-state index contributed by atoms with van der Waals surface area (Å²) in [6.07, 6.45) is -0.335. The van der Waals surface area contributed by atoms with Crippen LogP contribution in [-0.4, -0.2) is 20.2 Å². The molecule has 2 aromatic heterocycles. The highest BCUT2D eigenvalue weighted by atomic mass is 19.4. The highest BCUT2D eigenvalue weighted by molar-refractivity contribution is 5.76. The molecule has 0 spiro atoms. The summed E-state index contributed by atoms with van der Waals surface area (Å²) in [5.41, 5.74) is 0.420. The molecule has 26 heavy (non-hydrogen) atoms. The zero-order chi connectivity index (χ0) is 18.3. The monoisotopic (exact) mass is 362 g/mol. The van der Waals surface area contributed by atoms with E-state index in [9.17, 15) is 18.0 Å². The Balaban J connectivity index is 1.76. The Kier molecular flexibility index (Phi) is 4.05. The number of aromatic nitrogens is 4. The summed E-state index contributed by atoms with van der Waals surface area (Å²) in [6, 6.07) is 5.33. The molecule has 5 nitrogen and oxygen atoms in total. The van der Waals surface area contributed by atoms with E-state index in [2.05, 4.69) is 20.2 Å². The average molecular weight is 362 g/mol. The molecule has 1 aliphatic rings. The van der Waals surface area contributed by atoms with E-state index in [0.717, 1.165) is 37.4 Å². The van der Waals surface area contributed by atoms with Crippen LogP contribution in [0.1, 0.15) is 54.2 Å². The van der Waals surface area contributed by atoms with Crippen molar-refractivity contribution in [3.63, 3.8) is 0 Å². The standard InChI is InChI=1S/C18H17F3N4O/c19-18(20,21)12-8-4-3-7-11(12)9-13-22-15-14(10-5-1-2-6-10)24-25-16(15)17(26)23-13/h3-4,7-8,10H,1-2,5-6,9H2,(H,24,25)(H,22,23,26). The van der Waals surface area contributed by atoms with Crippen LogP contribution in [0.25, 0.3) is 11.0 Å². The van der Waals surface area contributed by atoms with Gasteiger partial charge in [0, 0.05) is 12.3 Å². The van der Waals surface area contributed by atoms with Crippen molar-refractivity contribution >= 4 is 11.0 Å². The molecule has 0 saturated heterocycles. The third kappa shape index (κ3) is 3.00. The summed E-state index contributed by atoms with van der Waals surface area (Å²) in [7, 11) is 0. The largest absolute Gasteiger partial charge is 0.416 e. The number of alkyl halides is 3. The number of fused-ring (bicyclic) bond motifs is 1. The summed E-state index contributed by atoms with van der Waals surface area (Å²) < 4.78 is 39.6. The van der Waals surface area contributed by atoms with Crippen LogP contribution in [0.4, 0.5) is 13.2 Å². The molecule has 3 aromatic rings. The van der Waals surface area contributed by atoms with Crippen LogP contribution < -0.4 is 5.56 Å². The molecule has 0 atom stereocenters. The molecule has 0 radical (unpaired) electrons. The van der Waals surface area contributed by atoms with Gasteiger partial charge in [-0.2, -0.15) is 18.3 Å². The lowest BCUT2D eigenvalue weighted by molar-refractivity contribution is -0.138. The molecule has 2 N–H and O–H groups in total. The van der Waals surface area contributed by atoms with Gasteiger partial charge in [-0.3, -0.25) is 9.89 Å². The van der Waals surface area contributed by atoms with E-state index in [-0.39, 0.29) is 29.2 Å². The summed E-state index contributed by atoms with van der Waals surface area (Å²) in [5, 5.41) is 6.97. The molecule has 136 valence electrons. The van der Waals surface area contributed by atoms with Gasteiger partial charge in [0.25, 0.3) is 5.56 Å². The molecule has 0 bridgehead atoms.